The molecule has 3 aromatic rings. The average molecular weight is 388 g/mol. The monoisotopic (exact) mass is 387 g/mol. The van der Waals surface area contributed by atoms with Gasteiger partial charge in [0.2, 0.25) is 5.13 Å². The van der Waals surface area contributed by atoms with E-state index in [1.807, 2.05) is 56.3 Å². The van der Waals surface area contributed by atoms with E-state index in [0.717, 1.165) is 21.7 Å². The number of nitrogens with one attached hydrogen (secondary N) is 1. The number of rotatable bonds is 6. The van der Waals surface area contributed by atoms with Crippen LogP contribution in [0.1, 0.15) is 21.7 Å². The van der Waals surface area contributed by atoms with Crippen LogP contribution in [0.15, 0.2) is 42.5 Å². The molecule has 26 heavy (non-hydrogen) atoms. The smallest absolute Gasteiger partial charge is 0.264 e. The van der Waals surface area contributed by atoms with Crippen LogP contribution in [0.25, 0.3) is 0 Å². The zero-order chi connectivity index (χ0) is 18.5. The molecule has 2 aromatic carbocycles. The van der Waals surface area contributed by atoms with Gasteiger partial charge in [-0.25, -0.2) is 0 Å². The Balaban J connectivity index is 1.54. The lowest BCUT2D eigenvalue weighted by Gasteiger charge is -2.10. The number of aryl methyl sites for hydroxylation is 1. The topological polar surface area (TPSA) is 64.1 Å². The van der Waals surface area contributed by atoms with Crippen molar-refractivity contribution in [3.8, 4) is 5.75 Å². The zero-order valence-corrected chi connectivity index (χ0v) is 16.0. The number of ether oxygens (including phenoxy) is 1. The summed E-state index contributed by atoms with van der Waals surface area (Å²) in [6.45, 7) is 3.90. The minimum absolute atomic E-state index is 0.0730. The molecule has 0 atom stereocenters. The van der Waals surface area contributed by atoms with E-state index in [4.69, 9.17) is 16.3 Å². The number of benzene rings is 2. The van der Waals surface area contributed by atoms with Crippen LogP contribution in [-0.2, 0) is 11.2 Å². The standard InChI is InChI=1S/C19H18ClN3O2S/c1-12-4-3-5-16(13(12)2)25-11-17(24)21-19-23-22-18(26-19)10-14-6-8-15(20)9-7-14/h3-9H,10-11H2,1-2H3,(H,21,23,24). The summed E-state index contributed by atoms with van der Waals surface area (Å²) in [5.41, 5.74) is 3.24. The second-order valence-corrected chi connectivity index (χ2v) is 7.34. The van der Waals surface area contributed by atoms with Crippen molar-refractivity contribution in [3.63, 3.8) is 0 Å². The lowest BCUT2D eigenvalue weighted by Crippen LogP contribution is -2.20. The normalized spacial score (nSPS) is 10.6. The third-order valence-corrected chi connectivity index (χ3v) is 4.99. The van der Waals surface area contributed by atoms with Crippen LogP contribution in [0.3, 0.4) is 0 Å². The molecular formula is C19H18ClN3O2S. The van der Waals surface area contributed by atoms with Gasteiger partial charge in [0.05, 0.1) is 0 Å². The Bertz CT molecular complexity index is 909. The summed E-state index contributed by atoms with van der Waals surface area (Å²) in [7, 11) is 0. The van der Waals surface area contributed by atoms with E-state index in [1.165, 1.54) is 11.3 Å². The largest absolute Gasteiger partial charge is 0.483 e. The Morgan fingerprint density at radius 3 is 2.69 bits per heavy atom. The molecule has 134 valence electrons. The molecule has 0 unspecified atom stereocenters. The van der Waals surface area contributed by atoms with Crippen molar-refractivity contribution in [1.29, 1.82) is 0 Å². The summed E-state index contributed by atoms with van der Waals surface area (Å²) in [4.78, 5) is 12.1. The fraction of sp³-hybridized carbons (Fsp3) is 0.211. The first kappa shape index (κ1) is 18.4. The van der Waals surface area contributed by atoms with E-state index in [-0.39, 0.29) is 12.5 Å². The maximum Gasteiger partial charge on any atom is 0.264 e. The number of carbonyl (C=O) groups excluding carboxylic acids is 1. The molecule has 0 radical (unpaired) electrons. The molecule has 0 aliphatic carbocycles. The van der Waals surface area contributed by atoms with Gasteiger partial charge in [0, 0.05) is 11.4 Å². The molecule has 0 aliphatic heterocycles. The number of carbonyl (C=O) groups is 1. The summed E-state index contributed by atoms with van der Waals surface area (Å²) in [6.07, 6.45) is 0.643. The number of hydrogen-bond acceptors (Lipinski definition) is 5. The third-order valence-electron chi connectivity index (χ3n) is 3.90. The van der Waals surface area contributed by atoms with Crippen molar-refractivity contribution >= 4 is 34.0 Å². The molecule has 1 amide bonds. The van der Waals surface area contributed by atoms with E-state index >= 15 is 0 Å². The van der Waals surface area contributed by atoms with Gasteiger partial charge in [0.1, 0.15) is 10.8 Å². The van der Waals surface area contributed by atoms with Crippen molar-refractivity contribution < 1.29 is 9.53 Å². The van der Waals surface area contributed by atoms with Crippen LogP contribution in [0.4, 0.5) is 5.13 Å². The molecule has 1 aromatic heterocycles. The minimum Gasteiger partial charge on any atom is -0.483 e. The SMILES string of the molecule is Cc1cccc(OCC(=O)Nc2nnc(Cc3ccc(Cl)cc3)s2)c1C. The van der Waals surface area contributed by atoms with Crippen molar-refractivity contribution in [2.75, 3.05) is 11.9 Å². The van der Waals surface area contributed by atoms with Gasteiger partial charge in [-0.2, -0.15) is 0 Å². The maximum absolute atomic E-state index is 12.1. The zero-order valence-electron chi connectivity index (χ0n) is 14.5. The molecule has 0 saturated heterocycles. The predicted octanol–water partition coefficient (Wildman–Crippen LogP) is 4.42. The molecule has 1 N–H and O–H groups in total. The molecule has 3 rings (SSSR count). The number of amides is 1. The van der Waals surface area contributed by atoms with Gasteiger partial charge < -0.3 is 4.74 Å². The first-order chi connectivity index (χ1) is 12.5. The van der Waals surface area contributed by atoms with Crippen molar-refractivity contribution in [3.05, 3.63) is 69.2 Å². The molecule has 0 fully saturated rings. The molecule has 0 aliphatic rings. The summed E-state index contributed by atoms with van der Waals surface area (Å²) >= 11 is 7.23. The Morgan fingerprint density at radius 1 is 1.15 bits per heavy atom. The highest BCUT2D eigenvalue weighted by molar-refractivity contribution is 7.15. The van der Waals surface area contributed by atoms with Gasteiger partial charge >= 0.3 is 0 Å². The summed E-state index contributed by atoms with van der Waals surface area (Å²) < 4.78 is 5.60. The Morgan fingerprint density at radius 2 is 1.92 bits per heavy atom. The van der Waals surface area contributed by atoms with E-state index < -0.39 is 0 Å². The summed E-state index contributed by atoms with van der Waals surface area (Å²) in [6, 6.07) is 13.3. The van der Waals surface area contributed by atoms with Gasteiger partial charge in [-0.1, -0.05) is 47.2 Å². The molecule has 0 bridgehead atoms. The van der Waals surface area contributed by atoms with E-state index in [2.05, 4.69) is 15.5 Å². The quantitative estimate of drug-likeness (QED) is 0.680. The van der Waals surface area contributed by atoms with Gasteiger partial charge in [0.15, 0.2) is 6.61 Å². The Hall–Kier alpha value is -2.44. The van der Waals surface area contributed by atoms with Gasteiger partial charge in [-0.3, -0.25) is 10.1 Å². The maximum atomic E-state index is 12.1. The lowest BCUT2D eigenvalue weighted by molar-refractivity contribution is -0.118. The number of aromatic nitrogens is 2. The van der Waals surface area contributed by atoms with Crippen LogP contribution in [-0.4, -0.2) is 22.7 Å². The van der Waals surface area contributed by atoms with Gasteiger partial charge in [0.25, 0.3) is 5.91 Å². The first-order valence-corrected chi connectivity index (χ1v) is 9.26. The fourth-order valence-corrected chi connectivity index (χ4v) is 3.25. The predicted molar refractivity (Wildman–Crippen MR) is 104 cm³/mol. The van der Waals surface area contributed by atoms with Crippen molar-refractivity contribution in [2.24, 2.45) is 0 Å². The average Bonchev–Trinajstić information content (AvgIpc) is 3.05. The highest BCUT2D eigenvalue weighted by Gasteiger charge is 2.10. The molecule has 7 heteroatoms. The highest BCUT2D eigenvalue weighted by Crippen LogP contribution is 2.21. The number of anilines is 1. The fourth-order valence-electron chi connectivity index (χ4n) is 2.33. The van der Waals surface area contributed by atoms with Crippen LogP contribution in [0.5, 0.6) is 5.75 Å². The minimum atomic E-state index is -0.264. The number of nitrogens with zero attached hydrogens (tertiary/aromatic N) is 2. The van der Waals surface area contributed by atoms with Gasteiger partial charge in [-0.05, 0) is 48.7 Å². The Kier molecular flexibility index (Phi) is 5.85. The lowest BCUT2D eigenvalue weighted by atomic mass is 10.1. The van der Waals surface area contributed by atoms with E-state index in [1.54, 1.807) is 0 Å². The Labute approximate surface area is 161 Å². The van der Waals surface area contributed by atoms with Crippen LogP contribution >= 0.6 is 22.9 Å². The van der Waals surface area contributed by atoms with Gasteiger partial charge in [-0.15, -0.1) is 10.2 Å². The van der Waals surface area contributed by atoms with Crippen LogP contribution < -0.4 is 10.1 Å². The number of halogens is 1. The van der Waals surface area contributed by atoms with E-state index in [0.29, 0.717) is 22.3 Å². The second-order valence-electron chi connectivity index (χ2n) is 5.84. The molecular weight excluding hydrogens is 370 g/mol. The molecule has 0 saturated carbocycles. The molecule has 5 nitrogen and oxygen atoms in total. The molecule has 0 spiro atoms. The molecule has 1 heterocycles. The van der Waals surface area contributed by atoms with E-state index in [9.17, 15) is 4.79 Å². The highest BCUT2D eigenvalue weighted by atomic mass is 35.5. The van der Waals surface area contributed by atoms with Crippen LogP contribution in [0.2, 0.25) is 5.02 Å². The third kappa shape index (κ3) is 4.80. The van der Waals surface area contributed by atoms with Crippen molar-refractivity contribution in [1.82, 2.24) is 10.2 Å². The summed E-state index contributed by atoms with van der Waals surface area (Å²) in [5, 5.41) is 12.8. The first-order valence-electron chi connectivity index (χ1n) is 8.07. The van der Waals surface area contributed by atoms with Crippen LogP contribution in [0, 0.1) is 13.8 Å². The van der Waals surface area contributed by atoms with Crippen molar-refractivity contribution in [2.45, 2.75) is 20.3 Å². The summed E-state index contributed by atoms with van der Waals surface area (Å²) in [5.74, 6) is 0.445. The number of hydrogen-bond donors (Lipinski definition) is 1. The second kappa shape index (κ2) is 8.29.